The van der Waals surface area contributed by atoms with Gasteiger partial charge >= 0.3 is 0 Å². The van der Waals surface area contributed by atoms with Gasteiger partial charge in [0.05, 0.1) is 46.9 Å². The van der Waals surface area contributed by atoms with E-state index in [2.05, 4.69) is 70.0 Å². The third-order valence-electron chi connectivity index (χ3n) is 14.0. The largest absolute Gasteiger partial charge is 0.494 e. The van der Waals surface area contributed by atoms with Crippen molar-refractivity contribution >= 4 is 75.2 Å². The van der Waals surface area contributed by atoms with Gasteiger partial charge in [0.2, 0.25) is 17.8 Å². The molecule has 4 aromatic carbocycles. The molecule has 3 aliphatic heterocycles. The van der Waals surface area contributed by atoms with Crippen LogP contribution in [0.1, 0.15) is 55.2 Å². The Labute approximate surface area is 409 Å². The van der Waals surface area contributed by atoms with Gasteiger partial charge in [0.25, 0.3) is 0 Å². The predicted molar refractivity (Wildman–Crippen MR) is 270 cm³/mol. The van der Waals surface area contributed by atoms with Gasteiger partial charge in [-0.3, -0.25) is 29.8 Å². The number of carbonyl (C=O) groups excluding carboxylic acids is 2. The number of anilines is 5. The number of rotatable bonds is 14. The number of aryl methyl sites for hydroxylation is 1. The fourth-order valence-electron chi connectivity index (χ4n) is 10.3. The monoisotopic (exact) mass is 983 g/mol. The number of para-hydroxylation sites is 1. The van der Waals surface area contributed by atoms with E-state index in [1.807, 2.05) is 36.4 Å². The van der Waals surface area contributed by atoms with Gasteiger partial charge in [0.15, 0.2) is 5.82 Å². The van der Waals surface area contributed by atoms with Gasteiger partial charge in [-0.25, -0.2) is 18.4 Å². The van der Waals surface area contributed by atoms with Crippen molar-refractivity contribution in [3.8, 4) is 11.4 Å². The number of hydrogen-bond acceptors (Lipinski definition) is 15. The molecule has 20 heteroatoms. The molecule has 10 rings (SSSR count). The highest BCUT2D eigenvalue weighted by atomic mass is 31.2. The summed E-state index contributed by atoms with van der Waals surface area (Å²) in [5.74, 6) is -1.65. The van der Waals surface area contributed by atoms with Crippen LogP contribution in [-0.4, -0.2) is 129 Å². The van der Waals surface area contributed by atoms with E-state index in [0.717, 1.165) is 81.4 Å². The van der Waals surface area contributed by atoms with Crippen molar-refractivity contribution in [2.45, 2.75) is 57.4 Å². The second-order valence-corrected chi connectivity index (χ2v) is 21.9. The Morgan fingerprint density at radius 1 is 0.831 bits per heavy atom. The number of nitrogens with zero attached hydrogens (tertiary/aromatic N) is 10. The van der Waals surface area contributed by atoms with E-state index in [9.17, 15) is 14.2 Å². The van der Waals surface area contributed by atoms with Crippen LogP contribution in [-0.2, 0) is 27.0 Å². The highest BCUT2D eigenvalue weighted by molar-refractivity contribution is 7.71. The quantitative estimate of drug-likeness (QED) is 0.0740. The second-order valence-electron chi connectivity index (χ2n) is 18.8. The number of hydrogen-bond donors (Lipinski definition) is 3. The number of carbonyl (C=O) groups is 2. The molecule has 0 spiro atoms. The van der Waals surface area contributed by atoms with Gasteiger partial charge < -0.3 is 29.7 Å². The lowest BCUT2D eigenvalue weighted by Crippen LogP contribution is -2.53. The fraction of sp³-hybridized carbons (Fsp3) is 0.373. The van der Waals surface area contributed by atoms with Crippen LogP contribution in [0, 0.1) is 11.6 Å². The minimum atomic E-state index is -2.90. The Hall–Kier alpha value is -6.95. The SMILES string of the molecule is CCc1cc(Nc2ncc(-n3nnc4ccccc43)c(Nc3ccc4nccnc4c3P(C)(C)=O)n2)c(OC)cc1N1CCC(N2CCN(CCc3cc(F)c(C4CCC(=O)NC4=O)cc3F)CC2)CC1. The molecule has 3 saturated heterocycles. The summed E-state index contributed by atoms with van der Waals surface area (Å²) >= 11 is 0. The number of piperazine rings is 1. The lowest BCUT2D eigenvalue weighted by molar-refractivity contribution is -0.134. The third-order valence-corrected chi connectivity index (χ3v) is 15.5. The first-order chi connectivity index (χ1) is 34.3. The zero-order chi connectivity index (χ0) is 49.4. The predicted octanol–water partition coefficient (Wildman–Crippen LogP) is 7.09. The maximum Gasteiger partial charge on any atom is 0.234 e. The molecule has 3 fully saturated rings. The van der Waals surface area contributed by atoms with Crippen molar-refractivity contribution in [2.24, 2.45) is 0 Å². The highest BCUT2D eigenvalue weighted by Crippen LogP contribution is 2.42. The van der Waals surface area contributed by atoms with Crippen molar-refractivity contribution in [1.82, 2.24) is 50.0 Å². The summed E-state index contributed by atoms with van der Waals surface area (Å²) < 4.78 is 52.0. The van der Waals surface area contributed by atoms with Crippen molar-refractivity contribution < 1.29 is 27.7 Å². The van der Waals surface area contributed by atoms with Crippen molar-refractivity contribution in [2.75, 3.05) is 81.8 Å². The van der Waals surface area contributed by atoms with Gasteiger partial charge in [0, 0.05) is 88.0 Å². The Balaban J connectivity index is 0.811. The first kappa shape index (κ1) is 47.7. The van der Waals surface area contributed by atoms with E-state index in [4.69, 9.17) is 14.7 Å². The number of halogens is 2. The normalized spacial score (nSPS) is 17.5. The summed E-state index contributed by atoms with van der Waals surface area (Å²) in [5, 5.41) is 18.5. The number of ether oxygens (including phenoxy) is 1. The first-order valence-electron chi connectivity index (χ1n) is 24.1. The van der Waals surface area contributed by atoms with E-state index < -0.39 is 36.5 Å². The highest BCUT2D eigenvalue weighted by Gasteiger charge is 2.32. The number of amides is 2. The molecule has 17 nitrogen and oxygen atoms in total. The topological polar surface area (TPSA) is 189 Å². The van der Waals surface area contributed by atoms with Gasteiger partial charge in [-0.1, -0.05) is 24.3 Å². The minimum Gasteiger partial charge on any atom is -0.494 e. The number of benzene rings is 4. The average Bonchev–Trinajstić information content (AvgIpc) is 3.80. The third kappa shape index (κ3) is 9.90. The van der Waals surface area contributed by atoms with Crippen LogP contribution in [0.4, 0.5) is 37.6 Å². The fourth-order valence-corrected chi connectivity index (χ4v) is 11.7. The Morgan fingerprint density at radius 2 is 1.62 bits per heavy atom. The van der Waals surface area contributed by atoms with E-state index in [1.165, 1.54) is 6.07 Å². The zero-order valence-electron chi connectivity index (χ0n) is 40.2. The first-order valence-corrected chi connectivity index (χ1v) is 26.7. The molecular formula is C51H56F2N13O4P. The zero-order valence-corrected chi connectivity index (χ0v) is 41.1. The second kappa shape index (κ2) is 20.0. The molecule has 368 valence electrons. The summed E-state index contributed by atoms with van der Waals surface area (Å²) in [6.07, 6.45) is 8.31. The number of methoxy groups -OCH3 is 1. The summed E-state index contributed by atoms with van der Waals surface area (Å²) in [7, 11) is -1.25. The molecule has 2 amide bonds. The minimum absolute atomic E-state index is 0.00233. The smallest absolute Gasteiger partial charge is 0.234 e. The molecule has 0 radical (unpaired) electrons. The van der Waals surface area contributed by atoms with E-state index in [0.29, 0.717) is 75.4 Å². The lowest BCUT2D eigenvalue weighted by Gasteiger charge is -2.43. The van der Waals surface area contributed by atoms with Crippen LogP contribution in [0.3, 0.4) is 0 Å². The average molecular weight is 984 g/mol. The van der Waals surface area contributed by atoms with E-state index >= 15 is 8.78 Å². The molecule has 1 unspecified atom stereocenters. The van der Waals surface area contributed by atoms with Crippen molar-refractivity contribution in [3.63, 3.8) is 0 Å². The van der Waals surface area contributed by atoms with Crippen LogP contribution in [0.5, 0.6) is 5.75 Å². The molecule has 0 bridgehead atoms. The summed E-state index contributed by atoms with van der Waals surface area (Å²) in [5.41, 5.74) is 7.02. The molecule has 7 aromatic rings. The summed E-state index contributed by atoms with van der Waals surface area (Å²) in [6.45, 7) is 11.4. The molecule has 3 aliphatic rings. The van der Waals surface area contributed by atoms with Crippen LogP contribution in [0.15, 0.2) is 79.3 Å². The molecule has 3 N–H and O–H groups in total. The molecule has 0 saturated carbocycles. The van der Waals surface area contributed by atoms with Gasteiger partial charge in [-0.15, -0.1) is 5.10 Å². The molecule has 0 aliphatic carbocycles. The van der Waals surface area contributed by atoms with Crippen LogP contribution < -0.4 is 30.9 Å². The van der Waals surface area contributed by atoms with Gasteiger partial charge in [0.1, 0.15) is 41.2 Å². The number of imide groups is 1. The van der Waals surface area contributed by atoms with Crippen LogP contribution in [0.2, 0.25) is 0 Å². The molecule has 3 aromatic heterocycles. The maximum absolute atomic E-state index is 15.2. The van der Waals surface area contributed by atoms with Gasteiger partial charge in [-0.2, -0.15) is 4.98 Å². The summed E-state index contributed by atoms with van der Waals surface area (Å²) in [4.78, 5) is 50.0. The van der Waals surface area contributed by atoms with Gasteiger partial charge in [-0.05, 0) is 99.0 Å². The van der Waals surface area contributed by atoms with Crippen molar-refractivity contribution in [3.05, 3.63) is 108 Å². The van der Waals surface area contributed by atoms with Crippen LogP contribution in [0.25, 0.3) is 27.8 Å². The summed E-state index contributed by atoms with van der Waals surface area (Å²) in [6, 6.07) is 18.3. The van der Waals surface area contributed by atoms with Crippen molar-refractivity contribution in [1.29, 1.82) is 0 Å². The molecule has 71 heavy (non-hydrogen) atoms. The number of piperidine rings is 2. The van der Waals surface area contributed by atoms with E-state index in [1.54, 1.807) is 43.7 Å². The Kier molecular flexibility index (Phi) is 13.5. The Bertz CT molecular complexity index is 3210. The number of aromatic nitrogens is 7. The number of fused-ring (bicyclic) bond motifs is 2. The van der Waals surface area contributed by atoms with E-state index in [-0.39, 0.29) is 24.0 Å². The molecular weight excluding hydrogens is 928 g/mol. The molecule has 6 heterocycles. The standard InChI is InChI=1S/C51H56F2N13O4P/c1-5-31-27-41(58-51-56-30-44(66-42-9-7-6-8-38(42)61-62-66)49(60-51)57-40-12-11-39-47(55-18-17-54-39)48(40)71(3,4)69)45(70-2)29-43(31)65-20-15-33(16-21-65)64-24-22-63(23-25-64)19-14-32-26-37(53)35(28-36(32)52)34-10-13-46(67)59-50(34)68/h6-9,11-12,17-18,26-30,33-34H,5,10,13-16,19-25H2,1-4H3,(H,59,67,68)(H2,56,57,58,60). The lowest BCUT2D eigenvalue weighted by atomic mass is 9.89. The number of nitrogens with one attached hydrogen (secondary N) is 3. The Morgan fingerprint density at radius 3 is 2.38 bits per heavy atom. The molecule has 1 atom stereocenters. The maximum atomic E-state index is 15.2. The van der Waals surface area contributed by atoms with Crippen LogP contribution >= 0.6 is 7.14 Å².